The van der Waals surface area contributed by atoms with Crippen molar-refractivity contribution >= 4 is 32.6 Å². The van der Waals surface area contributed by atoms with Gasteiger partial charge in [0.1, 0.15) is 11.5 Å². The number of nitrogens with zero attached hydrogens (tertiary/aromatic N) is 2. The summed E-state index contributed by atoms with van der Waals surface area (Å²) in [5.41, 5.74) is 7.36. The molecule has 0 amide bonds. The van der Waals surface area contributed by atoms with Crippen molar-refractivity contribution in [3.8, 4) is 0 Å². The molecule has 0 fully saturated rings. The highest BCUT2D eigenvalue weighted by molar-refractivity contribution is 14.1. The van der Waals surface area contributed by atoms with Gasteiger partial charge in [-0.1, -0.05) is 6.58 Å². The zero-order chi connectivity index (χ0) is 9.56. The first kappa shape index (κ1) is 11.4. The topological polar surface area (TPSA) is 50.7 Å². The Kier molecular flexibility index (Phi) is 5.61. The van der Waals surface area contributed by atoms with Crippen molar-refractivity contribution in [3.63, 3.8) is 0 Å². The first-order chi connectivity index (χ1) is 5.63. The van der Waals surface area contributed by atoms with Gasteiger partial charge in [0.05, 0.1) is 4.22 Å². The Hall–Kier alpha value is -0.650. The van der Waals surface area contributed by atoms with E-state index in [1.165, 1.54) is 6.20 Å². The van der Waals surface area contributed by atoms with Crippen molar-refractivity contribution in [2.45, 2.75) is 13.8 Å². The van der Waals surface area contributed by atoms with Crippen molar-refractivity contribution in [3.05, 3.63) is 24.0 Å². The average molecular weight is 277 g/mol. The molecule has 0 aromatic heterocycles. The molecule has 0 aromatic rings. The third-order valence-electron chi connectivity index (χ3n) is 1.12. The Morgan fingerprint density at radius 2 is 2.08 bits per heavy atom. The molecule has 0 aliphatic heterocycles. The number of halogens is 1. The summed E-state index contributed by atoms with van der Waals surface area (Å²) in [7, 11) is 0. The molecule has 2 N–H and O–H groups in total. The Bertz CT molecular complexity index is 247. The van der Waals surface area contributed by atoms with Crippen LogP contribution in [-0.4, -0.2) is 10.1 Å². The third kappa shape index (κ3) is 3.66. The fraction of sp³-hybridized carbons (Fsp3) is 0.250. The van der Waals surface area contributed by atoms with Crippen molar-refractivity contribution in [1.29, 1.82) is 0 Å². The Balaban J connectivity index is 4.90. The summed E-state index contributed by atoms with van der Waals surface area (Å²) in [6, 6.07) is 0. The molecule has 0 atom stereocenters. The van der Waals surface area contributed by atoms with Crippen LogP contribution in [0.3, 0.4) is 0 Å². The number of aliphatic imine (C=N–C) groups is 2. The van der Waals surface area contributed by atoms with Crippen molar-refractivity contribution in [1.82, 2.24) is 0 Å². The molecule has 0 rings (SSSR count). The molecule has 0 unspecified atom stereocenters. The molecule has 0 aromatic carbocycles. The van der Waals surface area contributed by atoms with Crippen molar-refractivity contribution in [2.24, 2.45) is 15.7 Å². The van der Waals surface area contributed by atoms with Crippen LogP contribution < -0.4 is 5.73 Å². The lowest BCUT2D eigenvalue weighted by Crippen LogP contribution is -2.14. The van der Waals surface area contributed by atoms with Gasteiger partial charge in [-0.15, -0.1) is 0 Å². The predicted molar refractivity (Wildman–Crippen MR) is 62.7 cm³/mol. The van der Waals surface area contributed by atoms with Crippen molar-refractivity contribution < 1.29 is 0 Å². The SMILES string of the molecule is C=CN=C(N)C(N=CI)=C(C)C. The Labute approximate surface area is 86.3 Å². The average Bonchev–Trinajstić information content (AvgIpc) is 1.99. The quantitative estimate of drug-likeness (QED) is 0.480. The lowest BCUT2D eigenvalue weighted by molar-refractivity contribution is 1.26. The zero-order valence-corrected chi connectivity index (χ0v) is 9.37. The van der Waals surface area contributed by atoms with Gasteiger partial charge >= 0.3 is 0 Å². The summed E-state index contributed by atoms with van der Waals surface area (Å²) in [4.78, 5) is 7.93. The van der Waals surface area contributed by atoms with E-state index in [1.54, 1.807) is 4.22 Å². The van der Waals surface area contributed by atoms with Crippen LogP contribution in [0.1, 0.15) is 13.8 Å². The summed E-state index contributed by atoms with van der Waals surface area (Å²) in [5.74, 6) is 0.401. The maximum absolute atomic E-state index is 5.62. The number of hydrogen-bond donors (Lipinski definition) is 1. The zero-order valence-electron chi connectivity index (χ0n) is 7.21. The van der Waals surface area contributed by atoms with Gasteiger partial charge < -0.3 is 5.73 Å². The second kappa shape index (κ2) is 5.93. The lowest BCUT2D eigenvalue weighted by Gasteiger charge is -2.01. The standard InChI is InChI=1S/C8H12IN3/c1-4-11-8(10)7(6(2)3)12-5-9/h4-5H,1H2,2-3H3,(H2,10,11). The van der Waals surface area contributed by atoms with Crippen molar-refractivity contribution in [2.75, 3.05) is 0 Å². The molecular formula is C8H12IN3. The molecule has 0 saturated heterocycles. The molecule has 0 heterocycles. The Morgan fingerprint density at radius 3 is 2.42 bits per heavy atom. The minimum atomic E-state index is 0.401. The number of amidine groups is 1. The number of hydrogen-bond acceptors (Lipinski definition) is 2. The minimum absolute atomic E-state index is 0.401. The molecule has 0 saturated carbocycles. The second-order valence-corrected chi connectivity index (χ2v) is 2.83. The van der Waals surface area contributed by atoms with E-state index in [0.29, 0.717) is 11.5 Å². The van der Waals surface area contributed by atoms with Gasteiger partial charge in [-0.25, -0.2) is 9.98 Å². The summed E-state index contributed by atoms with van der Waals surface area (Å²) in [6.07, 6.45) is 1.40. The molecule has 0 spiro atoms. The van der Waals surface area contributed by atoms with E-state index in [-0.39, 0.29) is 0 Å². The largest absolute Gasteiger partial charge is 0.382 e. The second-order valence-electron chi connectivity index (χ2n) is 2.27. The summed E-state index contributed by atoms with van der Waals surface area (Å²) in [6.45, 7) is 7.33. The van der Waals surface area contributed by atoms with Crippen LogP contribution in [0.25, 0.3) is 0 Å². The maximum Gasteiger partial charge on any atom is 0.149 e. The van der Waals surface area contributed by atoms with Crippen LogP contribution in [0.4, 0.5) is 0 Å². The summed E-state index contributed by atoms with van der Waals surface area (Å²) >= 11 is 2.04. The molecule has 66 valence electrons. The highest BCUT2D eigenvalue weighted by atomic mass is 127. The highest BCUT2D eigenvalue weighted by Gasteiger charge is 2.00. The first-order valence-corrected chi connectivity index (χ1v) is 4.62. The van der Waals surface area contributed by atoms with Gasteiger partial charge in [0.2, 0.25) is 0 Å². The highest BCUT2D eigenvalue weighted by Crippen LogP contribution is 2.05. The molecule has 0 bridgehead atoms. The van der Waals surface area contributed by atoms with Gasteiger partial charge in [0.25, 0.3) is 0 Å². The number of rotatable bonds is 3. The smallest absolute Gasteiger partial charge is 0.149 e. The van der Waals surface area contributed by atoms with E-state index in [0.717, 1.165) is 5.57 Å². The van der Waals surface area contributed by atoms with Crippen LogP contribution >= 0.6 is 22.6 Å². The fourth-order valence-electron chi connectivity index (χ4n) is 0.660. The van der Waals surface area contributed by atoms with Gasteiger partial charge in [0, 0.05) is 6.20 Å². The molecule has 0 aliphatic carbocycles. The van der Waals surface area contributed by atoms with E-state index in [1.807, 2.05) is 36.4 Å². The monoisotopic (exact) mass is 277 g/mol. The van der Waals surface area contributed by atoms with E-state index in [9.17, 15) is 0 Å². The van der Waals surface area contributed by atoms with Gasteiger partial charge in [0.15, 0.2) is 0 Å². The van der Waals surface area contributed by atoms with Crippen LogP contribution in [0.5, 0.6) is 0 Å². The first-order valence-electron chi connectivity index (χ1n) is 3.38. The molecule has 0 radical (unpaired) electrons. The van der Waals surface area contributed by atoms with Crippen LogP contribution in [-0.2, 0) is 0 Å². The van der Waals surface area contributed by atoms with E-state index >= 15 is 0 Å². The van der Waals surface area contributed by atoms with E-state index in [2.05, 4.69) is 16.6 Å². The van der Waals surface area contributed by atoms with E-state index in [4.69, 9.17) is 5.73 Å². The lowest BCUT2D eigenvalue weighted by atomic mass is 10.2. The van der Waals surface area contributed by atoms with Crippen LogP contribution in [0.2, 0.25) is 0 Å². The van der Waals surface area contributed by atoms with Gasteiger partial charge in [-0.3, -0.25) is 0 Å². The fourth-order valence-corrected chi connectivity index (χ4v) is 0.938. The molecular weight excluding hydrogens is 265 g/mol. The molecule has 3 nitrogen and oxygen atoms in total. The molecule has 0 aliphatic rings. The van der Waals surface area contributed by atoms with Gasteiger partial charge in [-0.2, -0.15) is 0 Å². The minimum Gasteiger partial charge on any atom is -0.382 e. The summed E-state index contributed by atoms with van der Waals surface area (Å²) < 4.78 is 1.66. The normalized spacial score (nSPS) is 11.8. The Morgan fingerprint density at radius 1 is 1.50 bits per heavy atom. The van der Waals surface area contributed by atoms with Gasteiger partial charge in [-0.05, 0) is 42.0 Å². The maximum atomic E-state index is 5.62. The molecule has 12 heavy (non-hydrogen) atoms. The van der Waals surface area contributed by atoms with Crippen LogP contribution in [0, 0.1) is 0 Å². The molecule has 4 heteroatoms. The summed E-state index contributed by atoms with van der Waals surface area (Å²) in [5, 5.41) is 0. The van der Waals surface area contributed by atoms with Crippen LogP contribution in [0.15, 0.2) is 34.0 Å². The number of nitrogens with two attached hydrogens (primary N) is 1. The number of allylic oxidation sites excluding steroid dienone is 1. The predicted octanol–water partition coefficient (Wildman–Crippen LogP) is 2.24. The van der Waals surface area contributed by atoms with E-state index < -0.39 is 0 Å². The third-order valence-corrected chi connectivity index (χ3v) is 1.40.